The van der Waals surface area contributed by atoms with Gasteiger partial charge >= 0.3 is 51.4 Å². The van der Waals surface area contributed by atoms with Crippen molar-refractivity contribution in [1.82, 2.24) is 69.7 Å². The summed E-state index contributed by atoms with van der Waals surface area (Å²) in [6.07, 6.45) is 20.6. The van der Waals surface area contributed by atoms with Crippen molar-refractivity contribution in [2.24, 2.45) is 19.8 Å². The maximum atomic E-state index is 13.0. The first-order valence-electron chi connectivity index (χ1n) is 24.0. The van der Waals surface area contributed by atoms with E-state index in [4.69, 9.17) is 14.8 Å². The van der Waals surface area contributed by atoms with Gasteiger partial charge in [-0.25, -0.2) is 24.9 Å². The van der Waals surface area contributed by atoms with E-state index in [0.717, 1.165) is 61.0 Å². The number of nitrogens with two attached hydrogens (primary N) is 1. The molecule has 10 rings (SSSR count). The number of carbonyl (C=O) groups is 1. The van der Waals surface area contributed by atoms with Crippen molar-refractivity contribution >= 4 is 35.3 Å². The summed E-state index contributed by atoms with van der Waals surface area (Å²) in [5.74, 6) is 3.32. The minimum absolute atomic E-state index is 0. The summed E-state index contributed by atoms with van der Waals surface area (Å²) in [6, 6.07) is 12.8. The van der Waals surface area contributed by atoms with E-state index in [9.17, 15) is 9.59 Å². The number of ketones is 1. The molecule has 22 nitrogen and oxygen atoms in total. The standard InChI is InChI=1S/C26H30N8O2.C18H21N7.C7H9N2O2.K.H2O/c1-26(2,3)24-31-23(33-36-24)21(35)12-17-8-6-5-7-16-11-18(9-10-20(16)17)22-27-15-28-25(32-22)30-19-13-29-34(4)14-19;1-25-10-14(9-22-25)23-18-21-11-20-17(24-18)13-6-7-15-12(8-13)4-2-3-5-16(15)19;1-7(2,3)6-8-5(4-10)9-11-6;;/h9-11,13-15,17H,5-8,12H2,1-4H3,(H,27,28,30,32);6-11,16H,2-5,19H2,1H3,(H,20,21,23,24);1-3H3;;1H2/q;;-1;+1;/p-1/t17-;16-;;;/m01.../s1. The molecule has 5 N–H and O–H groups in total. The molecular formula is C51H61KN17O5-. The van der Waals surface area contributed by atoms with Crippen LogP contribution in [0.25, 0.3) is 22.8 Å². The zero-order valence-electron chi connectivity index (χ0n) is 43.4. The third-order valence-corrected chi connectivity index (χ3v) is 12.1. The average molecular weight is 1030 g/mol. The molecule has 0 aliphatic heterocycles. The van der Waals surface area contributed by atoms with Crippen LogP contribution in [0.4, 0.5) is 23.3 Å². The minimum atomic E-state index is -0.292. The van der Waals surface area contributed by atoms with Gasteiger partial charge in [-0.1, -0.05) is 89.0 Å². The third kappa shape index (κ3) is 14.9. The molecule has 8 aromatic rings. The van der Waals surface area contributed by atoms with Gasteiger partial charge in [-0.3, -0.25) is 14.2 Å². The van der Waals surface area contributed by atoms with Crippen LogP contribution < -0.4 is 67.8 Å². The smallest absolute Gasteiger partial charge is 0.870 e. The predicted octanol–water partition coefficient (Wildman–Crippen LogP) is 5.17. The molecule has 6 aromatic heterocycles. The van der Waals surface area contributed by atoms with E-state index in [1.165, 1.54) is 47.8 Å². The number of Topliss-reactive ketones (excluding diaryl/α,β-unsaturated/α-hetero) is 1. The Morgan fingerprint density at radius 1 is 0.703 bits per heavy atom. The van der Waals surface area contributed by atoms with Gasteiger partial charge < -0.3 is 35.7 Å². The Balaban J connectivity index is 0.000000203. The molecule has 0 amide bonds. The van der Waals surface area contributed by atoms with Gasteiger partial charge in [-0.2, -0.15) is 31.4 Å². The first kappa shape index (κ1) is 56.9. The van der Waals surface area contributed by atoms with Crippen LogP contribution in [0.15, 0.2) is 82.9 Å². The molecule has 0 fully saturated rings. The van der Waals surface area contributed by atoms with Crippen molar-refractivity contribution < 1.29 is 75.5 Å². The molecule has 382 valence electrons. The monoisotopic (exact) mass is 1030 g/mol. The molecule has 0 saturated heterocycles. The number of aryl methyl sites for hydroxylation is 4. The molecule has 0 bridgehead atoms. The molecule has 2 atom stereocenters. The molecule has 0 saturated carbocycles. The van der Waals surface area contributed by atoms with Crippen LogP contribution in [0.3, 0.4) is 0 Å². The number of aromatic nitrogens is 14. The maximum absolute atomic E-state index is 13.0. The van der Waals surface area contributed by atoms with Gasteiger partial charge in [-0.15, -0.1) is 0 Å². The van der Waals surface area contributed by atoms with Gasteiger partial charge in [0.15, 0.2) is 11.6 Å². The molecule has 74 heavy (non-hydrogen) atoms. The van der Waals surface area contributed by atoms with Gasteiger partial charge in [0.25, 0.3) is 0 Å². The van der Waals surface area contributed by atoms with Crippen molar-refractivity contribution in [2.75, 3.05) is 10.6 Å². The number of nitrogens with one attached hydrogen (secondary N) is 2. The number of fused-ring (bicyclic) bond motifs is 2. The summed E-state index contributed by atoms with van der Waals surface area (Å²) < 4.78 is 13.6. The summed E-state index contributed by atoms with van der Waals surface area (Å²) in [6.45, 7) is 11.7. The Bertz CT molecular complexity index is 3130. The van der Waals surface area contributed by atoms with Crippen LogP contribution >= 0.6 is 0 Å². The molecule has 2 aliphatic carbocycles. The number of rotatable bonds is 10. The number of hydrogen-bond donors (Lipinski definition) is 3. The number of anilines is 4. The van der Waals surface area contributed by atoms with Crippen LogP contribution in [-0.2, 0) is 42.6 Å². The quantitative estimate of drug-likeness (QED) is 0.0688. The fraction of sp³-hybridized carbons (Fsp3) is 0.412. The summed E-state index contributed by atoms with van der Waals surface area (Å²) in [5, 5.41) is 21.9. The van der Waals surface area contributed by atoms with E-state index in [0.29, 0.717) is 41.7 Å². The summed E-state index contributed by atoms with van der Waals surface area (Å²) in [7, 11) is 3.72. The zero-order valence-corrected chi connectivity index (χ0v) is 46.5. The Morgan fingerprint density at radius 2 is 1.22 bits per heavy atom. The topological polar surface area (TPSA) is 305 Å². The SMILES string of the molecule is CC(C)(C)c1nc([C-]=O)no1.Cn1cc(Nc2ncnc(-c3ccc4c(c3)CCCC[C@H]4CC(=O)c3noc(C(C)(C)C)n3)n2)cn1.Cn1cc(Nc2ncnc(-c3ccc4c(c3)CCCC[C@H]4N)n2)cn1.[K+].[OH-]. The van der Waals surface area contributed by atoms with Crippen molar-refractivity contribution in [1.29, 1.82) is 0 Å². The van der Waals surface area contributed by atoms with Gasteiger partial charge in [0.2, 0.25) is 35.3 Å². The van der Waals surface area contributed by atoms with E-state index in [-0.39, 0.29) is 97.1 Å². The second-order valence-corrected chi connectivity index (χ2v) is 20.0. The summed E-state index contributed by atoms with van der Waals surface area (Å²) in [5.41, 5.74) is 14.3. The normalized spacial score (nSPS) is 15.1. The molecule has 6 heterocycles. The van der Waals surface area contributed by atoms with E-state index in [1.54, 1.807) is 28.0 Å². The number of benzene rings is 2. The number of nitrogens with zero attached hydrogens (tertiary/aromatic N) is 14. The molecule has 0 radical (unpaired) electrons. The van der Waals surface area contributed by atoms with Crippen molar-refractivity contribution in [3.8, 4) is 22.8 Å². The maximum Gasteiger partial charge on any atom is 1.00 e. The van der Waals surface area contributed by atoms with Crippen molar-refractivity contribution in [3.05, 3.63) is 120 Å². The van der Waals surface area contributed by atoms with E-state index >= 15 is 0 Å². The largest absolute Gasteiger partial charge is 1.00 e. The molecule has 0 unspecified atom stereocenters. The van der Waals surface area contributed by atoms with Gasteiger partial charge in [0, 0.05) is 60.9 Å². The zero-order chi connectivity index (χ0) is 51.0. The second kappa shape index (κ2) is 25.3. The molecule has 2 aromatic carbocycles. The van der Waals surface area contributed by atoms with Crippen molar-refractivity contribution in [3.63, 3.8) is 0 Å². The van der Waals surface area contributed by atoms with E-state index in [1.807, 2.05) is 80.2 Å². The third-order valence-electron chi connectivity index (χ3n) is 12.1. The van der Waals surface area contributed by atoms with Gasteiger partial charge in [0.1, 0.15) is 12.7 Å². The molecule has 23 heteroatoms. The molecule has 2 aliphatic rings. The van der Waals surface area contributed by atoms with E-state index in [2.05, 4.69) is 95.3 Å². The van der Waals surface area contributed by atoms with Crippen molar-refractivity contribution in [2.45, 2.75) is 122 Å². The second-order valence-electron chi connectivity index (χ2n) is 20.0. The summed E-state index contributed by atoms with van der Waals surface area (Å²) in [4.78, 5) is 57.5. The van der Waals surface area contributed by atoms with Crippen LogP contribution in [0.2, 0.25) is 0 Å². The van der Waals surface area contributed by atoms with Gasteiger partial charge in [-0.05, 0) is 78.8 Å². The molecular weight excluding hydrogens is 970 g/mol. The Hall–Kier alpha value is -6.34. The Kier molecular flexibility index (Phi) is 19.4. The minimum Gasteiger partial charge on any atom is -0.870 e. The first-order valence-corrected chi connectivity index (χ1v) is 24.0. The van der Waals surface area contributed by atoms with Crippen LogP contribution in [0.5, 0.6) is 0 Å². The Labute approximate surface area is 471 Å². The van der Waals surface area contributed by atoms with Gasteiger partial charge in [0.05, 0.1) is 29.6 Å². The fourth-order valence-electron chi connectivity index (χ4n) is 8.34. The van der Waals surface area contributed by atoms with E-state index < -0.39 is 0 Å². The average Bonchev–Trinajstić information content (AvgIpc) is 4.18. The summed E-state index contributed by atoms with van der Waals surface area (Å²) >= 11 is 0. The van der Waals surface area contributed by atoms with Crippen LogP contribution in [0, 0.1) is 0 Å². The number of carbonyl (C=O) groups excluding carboxylic acids is 2. The van der Waals surface area contributed by atoms with Crippen LogP contribution in [-0.4, -0.2) is 87.3 Å². The number of hydrogen-bond acceptors (Lipinski definition) is 20. The fourth-order valence-corrected chi connectivity index (χ4v) is 8.34. The predicted molar refractivity (Wildman–Crippen MR) is 270 cm³/mol. The molecule has 0 spiro atoms. The first-order chi connectivity index (χ1) is 34.5. The van der Waals surface area contributed by atoms with Crippen LogP contribution in [0.1, 0.15) is 149 Å². The Morgan fingerprint density at radius 3 is 1.70 bits per heavy atom.